The summed E-state index contributed by atoms with van der Waals surface area (Å²) in [7, 11) is 1.66. The zero-order valence-corrected chi connectivity index (χ0v) is 20.1. The third-order valence-electron chi connectivity index (χ3n) is 4.94. The molecule has 1 saturated carbocycles. The van der Waals surface area contributed by atoms with E-state index < -0.39 is 6.04 Å². The van der Waals surface area contributed by atoms with Gasteiger partial charge in [0.05, 0.1) is 0 Å². The van der Waals surface area contributed by atoms with E-state index in [1.165, 1.54) is 0 Å². The second-order valence-corrected chi connectivity index (χ2v) is 6.99. The SMILES string of the molecule is CC[C@@H](/C=N/NC(=O)NCC1CCC(C(=O)NC)CC1)CC(=O)C(C)[NH-].[3H-].[K+]. The normalized spacial score (nSPS) is 21.6. The number of carbonyl (C=O) groups is 3. The van der Waals surface area contributed by atoms with Gasteiger partial charge in [-0.25, -0.2) is 10.2 Å². The van der Waals surface area contributed by atoms with Crippen molar-refractivity contribution in [3.05, 3.63) is 5.73 Å². The number of hydrogen-bond donors (Lipinski definition) is 3. The summed E-state index contributed by atoms with van der Waals surface area (Å²) in [6, 6.07) is -1.10. The Hall–Kier alpha value is -0.324. The molecule has 1 aliphatic carbocycles. The summed E-state index contributed by atoms with van der Waals surface area (Å²) in [6.07, 6.45) is 6.11. The van der Waals surface area contributed by atoms with Crippen molar-refractivity contribution in [2.24, 2.45) is 22.9 Å². The number of hydrazone groups is 1. The van der Waals surface area contributed by atoms with Gasteiger partial charge in [0.1, 0.15) is 5.78 Å². The molecule has 8 nitrogen and oxygen atoms in total. The Morgan fingerprint density at radius 2 is 1.89 bits per heavy atom. The number of urea groups is 1. The predicted octanol–water partition coefficient (Wildman–Crippen LogP) is -0.634. The molecule has 1 rings (SSSR count). The smallest absolute Gasteiger partial charge is 1.00 e. The molecule has 9 heteroatoms. The monoisotopic (exact) mass is 408 g/mol. The van der Waals surface area contributed by atoms with Crippen molar-refractivity contribution in [2.75, 3.05) is 13.6 Å². The topological polar surface area (TPSA) is 123 Å². The molecule has 2 atom stereocenters. The fourth-order valence-electron chi connectivity index (χ4n) is 3.05. The van der Waals surface area contributed by atoms with E-state index >= 15 is 0 Å². The Bertz CT molecular complexity index is 511. The maximum Gasteiger partial charge on any atom is 1.00 e. The van der Waals surface area contributed by atoms with Gasteiger partial charge in [0.2, 0.25) is 5.91 Å². The third-order valence-corrected chi connectivity index (χ3v) is 4.94. The van der Waals surface area contributed by atoms with Crippen molar-refractivity contribution in [1.82, 2.24) is 16.1 Å². The van der Waals surface area contributed by atoms with Gasteiger partial charge in [-0.15, -0.1) is 0 Å². The van der Waals surface area contributed by atoms with Gasteiger partial charge in [0.25, 0.3) is 0 Å². The van der Waals surface area contributed by atoms with Crippen LogP contribution in [0.3, 0.4) is 0 Å². The van der Waals surface area contributed by atoms with Gasteiger partial charge in [0, 0.05) is 38.1 Å². The molecular formula is C18H33KN5O3-. The Balaban J connectivity index is 0. The van der Waals surface area contributed by atoms with Crippen LogP contribution in [0.25, 0.3) is 5.73 Å². The van der Waals surface area contributed by atoms with Crippen LogP contribution in [0.15, 0.2) is 5.10 Å². The first-order valence-corrected chi connectivity index (χ1v) is 9.39. The largest absolute Gasteiger partial charge is 1.00 e. The van der Waals surface area contributed by atoms with E-state index in [-0.39, 0.29) is 88.8 Å². The molecule has 0 saturated heterocycles. The zero-order chi connectivity index (χ0) is 19.5. The van der Waals surface area contributed by atoms with Crippen LogP contribution in [0, 0.1) is 17.8 Å². The van der Waals surface area contributed by atoms with Crippen LogP contribution in [-0.2, 0) is 9.59 Å². The summed E-state index contributed by atoms with van der Waals surface area (Å²) >= 11 is 0. The van der Waals surface area contributed by atoms with Crippen LogP contribution in [-0.4, -0.2) is 43.6 Å². The Morgan fingerprint density at radius 1 is 1.26 bits per heavy atom. The average Bonchev–Trinajstić information content (AvgIpc) is 2.64. The van der Waals surface area contributed by atoms with Gasteiger partial charge in [-0.1, -0.05) is 19.9 Å². The number of amides is 3. The Labute approximate surface area is 206 Å². The number of Topliss-reactive ketones (excluding diaryl/α,β-unsaturated/α-hetero) is 1. The van der Waals surface area contributed by atoms with E-state index in [1.54, 1.807) is 20.2 Å². The van der Waals surface area contributed by atoms with E-state index in [2.05, 4.69) is 21.2 Å². The van der Waals surface area contributed by atoms with Gasteiger partial charge in [0.15, 0.2) is 0 Å². The number of carbonyl (C=O) groups excluding carboxylic acids is 3. The van der Waals surface area contributed by atoms with Crippen molar-refractivity contribution in [3.63, 3.8) is 0 Å². The summed E-state index contributed by atoms with van der Waals surface area (Å²) in [6.45, 7) is 4.06. The van der Waals surface area contributed by atoms with Gasteiger partial charge in [-0.2, -0.15) is 5.10 Å². The molecule has 0 aromatic rings. The second-order valence-electron chi connectivity index (χ2n) is 6.99. The molecule has 0 radical (unpaired) electrons. The number of ketones is 1. The molecule has 3 amide bonds. The standard InChI is InChI=1S/C18H32N5O3.K.H/c1-4-13(9-16(24)12(2)19)11-22-23-18(26)21-10-14-5-7-15(8-6-14)17(25)20-3;;/h11-15,19H,4-10H2,1-3H3,(H,20,25)(H2,21,23,26);;/q-1;+1;-1/b22-11+;;/t12?,13-,14?,15?;;/m1../s1/i;;1+2. The molecule has 0 aliphatic heterocycles. The summed E-state index contributed by atoms with van der Waals surface area (Å²) in [5.74, 6) is 0.378. The van der Waals surface area contributed by atoms with Gasteiger partial charge < -0.3 is 22.6 Å². The van der Waals surface area contributed by atoms with Crippen molar-refractivity contribution >= 4 is 23.9 Å². The molecule has 150 valence electrons. The number of rotatable bonds is 9. The quantitative estimate of drug-likeness (QED) is 0.267. The van der Waals surface area contributed by atoms with E-state index in [0.717, 1.165) is 32.1 Å². The maximum absolute atomic E-state index is 11.8. The minimum absolute atomic E-state index is 0. The van der Waals surface area contributed by atoms with E-state index in [0.29, 0.717) is 12.5 Å². The Kier molecular flexibility index (Phi) is 14.5. The molecule has 0 bridgehead atoms. The minimum Gasteiger partial charge on any atom is -1.00 e. The summed E-state index contributed by atoms with van der Waals surface area (Å²) in [5, 5.41) is 9.40. The van der Waals surface area contributed by atoms with Crippen LogP contribution >= 0.6 is 0 Å². The number of hydrogen-bond acceptors (Lipinski definition) is 4. The molecular weight excluding hydrogens is 373 g/mol. The van der Waals surface area contributed by atoms with E-state index in [4.69, 9.17) is 5.73 Å². The molecule has 1 unspecified atom stereocenters. The van der Waals surface area contributed by atoms with Gasteiger partial charge in [-0.05, 0) is 38.0 Å². The van der Waals surface area contributed by atoms with Crippen LogP contribution in [0.4, 0.5) is 4.79 Å². The fraction of sp³-hybridized carbons (Fsp3) is 0.778. The van der Waals surface area contributed by atoms with Crippen LogP contribution < -0.4 is 67.4 Å². The summed E-state index contributed by atoms with van der Waals surface area (Å²) in [5.41, 5.74) is 9.82. The zero-order valence-electron chi connectivity index (χ0n) is 18.0. The van der Waals surface area contributed by atoms with Crippen LogP contribution in [0.1, 0.15) is 53.8 Å². The van der Waals surface area contributed by atoms with E-state index in [1.807, 2.05) is 6.92 Å². The molecule has 0 spiro atoms. The molecule has 1 fully saturated rings. The van der Waals surface area contributed by atoms with Gasteiger partial charge in [-0.3, -0.25) is 4.79 Å². The number of nitrogens with zero attached hydrogens (tertiary/aromatic N) is 1. The first-order valence-electron chi connectivity index (χ1n) is 9.39. The summed E-state index contributed by atoms with van der Waals surface area (Å²) in [4.78, 5) is 35.0. The molecule has 0 aromatic heterocycles. The molecule has 0 heterocycles. The first-order chi connectivity index (χ1) is 12.4. The maximum atomic E-state index is 11.8. The molecule has 0 aromatic carbocycles. The molecule has 4 N–H and O–H groups in total. The summed E-state index contributed by atoms with van der Waals surface area (Å²) < 4.78 is 0. The average molecular weight is 409 g/mol. The van der Waals surface area contributed by atoms with E-state index in [9.17, 15) is 14.4 Å². The minimum atomic E-state index is -0.729. The van der Waals surface area contributed by atoms with Gasteiger partial charge >= 0.3 is 57.4 Å². The van der Waals surface area contributed by atoms with Crippen molar-refractivity contribution in [1.29, 1.82) is 0 Å². The van der Waals surface area contributed by atoms with Crippen molar-refractivity contribution < 1.29 is 67.2 Å². The van der Waals surface area contributed by atoms with Crippen molar-refractivity contribution in [3.8, 4) is 0 Å². The second kappa shape index (κ2) is 14.6. The number of nitrogens with one attached hydrogen (secondary N) is 4. The first kappa shape index (κ1) is 26.7. The van der Waals surface area contributed by atoms with Crippen LogP contribution in [0.5, 0.6) is 0 Å². The van der Waals surface area contributed by atoms with Crippen molar-refractivity contribution in [2.45, 2.75) is 58.4 Å². The Morgan fingerprint density at radius 3 is 2.41 bits per heavy atom. The third kappa shape index (κ3) is 10.7. The fourth-order valence-corrected chi connectivity index (χ4v) is 3.05. The molecule has 27 heavy (non-hydrogen) atoms. The van der Waals surface area contributed by atoms with Crippen LogP contribution in [0.2, 0.25) is 0 Å². The molecule has 1 aliphatic rings. The predicted molar refractivity (Wildman–Crippen MR) is 103 cm³/mol.